The summed E-state index contributed by atoms with van der Waals surface area (Å²) < 4.78 is 0. The van der Waals surface area contributed by atoms with Crippen molar-refractivity contribution in [1.29, 1.82) is 0 Å². The molecule has 0 spiro atoms. The fourth-order valence-electron chi connectivity index (χ4n) is 1.82. The summed E-state index contributed by atoms with van der Waals surface area (Å²) in [6.45, 7) is 3.86. The van der Waals surface area contributed by atoms with Crippen LogP contribution < -0.4 is 0 Å². The molecule has 1 unspecified atom stereocenters. The molecule has 0 amide bonds. The van der Waals surface area contributed by atoms with Crippen molar-refractivity contribution < 1.29 is 4.79 Å². The standard InChI is InChI=1S/C15H18O/c1-3-5-7-12-15(16)14(4-2)13-10-8-6-9-11-13/h6,8-11,14H,4,7,12H2,1-2H3. The van der Waals surface area contributed by atoms with E-state index in [0.717, 1.165) is 12.0 Å². The maximum Gasteiger partial charge on any atom is 0.141 e. The normalized spacial score (nSPS) is 11.4. The van der Waals surface area contributed by atoms with E-state index < -0.39 is 0 Å². The molecule has 0 aromatic heterocycles. The van der Waals surface area contributed by atoms with Gasteiger partial charge in [-0.15, -0.1) is 11.8 Å². The second kappa shape index (κ2) is 6.85. The Morgan fingerprint density at radius 3 is 2.56 bits per heavy atom. The van der Waals surface area contributed by atoms with Crippen LogP contribution in [0.5, 0.6) is 0 Å². The van der Waals surface area contributed by atoms with Crippen molar-refractivity contribution in [2.75, 3.05) is 0 Å². The van der Waals surface area contributed by atoms with Gasteiger partial charge in [-0.2, -0.15) is 0 Å². The molecule has 0 aliphatic heterocycles. The van der Waals surface area contributed by atoms with Gasteiger partial charge >= 0.3 is 0 Å². The third-order valence-electron chi connectivity index (χ3n) is 2.67. The van der Waals surface area contributed by atoms with Crippen LogP contribution in [0.4, 0.5) is 0 Å². The number of carbonyl (C=O) groups excluding carboxylic acids is 1. The summed E-state index contributed by atoms with van der Waals surface area (Å²) in [5.41, 5.74) is 1.12. The van der Waals surface area contributed by atoms with Gasteiger partial charge in [-0.1, -0.05) is 37.3 Å². The Morgan fingerprint density at radius 2 is 2.00 bits per heavy atom. The molecule has 0 saturated carbocycles. The van der Waals surface area contributed by atoms with E-state index in [-0.39, 0.29) is 5.92 Å². The topological polar surface area (TPSA) is 17.1 Å². The highest BCUT2D eigenvalue weighted by atomic mass is 16.1. The first-order chi connectivity index (χ1) is 7.79. The molecule has 0 bridgehead atoms. The molecule has 1 rings (SSSR count). The van der Waals surface area contributed by atoms with E-state index >= 15 is 0 Å². The number of carbonyl (C=O) groups is 1. The van der Waals surface area contributed by atoms with Crippen LogP contribution in [0.15, 0.2) is 30.3 Å². The number of rotatable bonds is 5. The minimum absolute atomic E-state index is 0.0415. The van der Waals surface area contributed by atoms with Crippen LogP contribution in [-0.2, 0) is 4.79 Å². The summed E-state index contributed by atoms with van der Waals surface area (Å²) in [6.07, 6.45) is 2.11. The van der Waals surface area contributed by atoms with Crippen LogP contribution in [0, 0.1) is 11.8 Å². The Balaban J connectivity index is 2.66. The Kier molecular flexibility index (Phi) is 5.36. The number of ketones is 1. The first-order valence-electron chi connectivity index (χ1n) is 5.76. The van der Waals surface area contributed by atoms with Crippen molar-refractivity contribution in [3.8, 4) is 11.8 Å². The highest BCUT2D eigenvalue weighted by Gasteiger charge is 2.17. The number of hydrogen-bond donors (Lipinski definition) is 0. The van der Waals surface area contributed by atoms with Gasteiger partial charge in [-0.25, -0.2) is 0 Å². The zero-order valence-corrected chi connectivity index (χ0v) is 9.99. The van der Waals surface area contributed by atoms with E-state index in [1.54, 1.807) is 6.92 Å². The molecular formula is C15H18O. The molecule has 0 fully saturated rings. The molecule has 1 aromatic carbocycles. The number of Topliss-reactive ketones (excluding diaryl/α,β-unsaturated/α-hetero) is 1. The van der Waals surface area contributed by atoms with E-state index in [0.29, 0.717) is 18.6 Å². The smallest absolute Gasteiger partial charge is 0.141 e. The summed E-state index contributed by atoms with van der Waals surface area (Å²) in [5.74, 6) is 6.10. The molecule has 84 valence electrons. The Bertz CT molecular complexity index is 381. The summed E-state index contributed by atoms with van der Waals surface area (Å²) in [6, 6.07) is 9.99. The second-order valence-corrected chi connectivity index (χ2v) is 3.76. The van der Waals surface area contributed by atoms with E-state index in [9.17, 15) is 4.79 Å². The third-order valence-corrected chi connectivity index (χ3v) is 2.67. The van der Waals surface area contributed by atoms with Crippen LogP contribution in [0.1, 0.15) is 44.6 Å². The molecule has 1 atom stereocenters. The van der Waals surface area contributed by atoms with Gasteiger partial charge in [0.2, 0.25) is 0 Å². The molecular weight excluding hydrogens is 196 g/mol. The molecule has 0 aliphatic carbocycles. The van der Waals surface area contributed by atoms with Crippen LogP contribution in [0.2, 0.25) is 0 Å². The minimum atomic E-state index is 0.0415. The van der Waals surface area contributed by atoms with Gasteiger partial charge in [0, 0.05) is 18.8 Å². The highest BCUT2D eigenvalue weighted by Crippen LogP contribution is 2.21. The molecule has 1 aromatic rings. The summed E-state index contributed by atoms with van der Waals surface area (Å²) in [7, 11) is 0. The van der Waals surface area contributed by atoms with Gasteiger partial charge in [-0.3, -0.25) is 4.79 Å². The fraction of sp³-hybridized carbons (Fsp3) is 0.400. The van der Waals surface area contributed by atoms with Gasteiger partial charge in [-0.05, 0) is 18.9 Å². The highest BCUT2D eigenvalue weighted by molar-refractivity contribution is 5.85. The summed E-state index contributed by atoms with van der Waals surface area (Å²) in [5, 5.41) is 0. The molecule has 1 heteroatoms. The first-order valence-corrected chi connectivity index (χ1v) is 5.76. The molecule has 1 nitrogen and oxygen atoms in total. The van der Waals surface area contributed by atoms with Crippen molar-refractivity contribution in [2.24, 2.45) is 0 Å². The Hall–Kier alpha value is -1.55. The molecule has 0 N–H and O–H groups in total. The minimum Gasteiger partial charge on any atom is -0.299 e. The van der Waals surface area contributed by atoms with E-state index in [1.165, 1.54) is 0 Å². The van der Waals surface area contributed by atoms with Gasteiger partial charge in [0.05, 0.1) is 0 Å². The lowest BCUT2D eigenvalue weighted by molar-refractivity contribution is -0.120. The summed E-state index contributed by atoms with van der Waals surface area (Å²) >= 11 is 0. The maximum absolute atomic E-state index is 12.0. The first kappa shape index (κ1) is 12.5. The Morgan fingerprint density at radius 1 is 1.31 bits per heavy atom. The fourth-order valence-corrected chi connectivity index (χ4v) is 1.82. The summed E-state index contributed by atoms with van der Waals surface area (Å²) in [4.78, 5) is 12.0. The number of benzene rings is 1. The van der Waals surface area contributed by atoms with E-state index in [2.05, 4.69) is 18.8 Å². The van der Waals surface area contributed by atoms with Crippen molar-refractivity contribution >= 4 is 5.78 Å². The van der Waals surface area contributed by atoms with Gasteiger partial charge in [0.15, 0.2) is 0 Å². The van der Waals surface area contributed by atoms with Crippen LogP contribution in [0.3, 0.4) is 0 Å². The third kappa shape index (κ3) is 3.55. The SMILES string of the molecule is CC#CCCC(=O)C(CC)c1ccccc1. The lowest BCUT2D eigenvalue weighted by Gasteiger charge is -2.13. The maximum atomic E-state index is 12.0. The lowest BCUT2D eigenvalue weighted by atomic mass is 9.90. The van der Waals surface area contributed by atoms with E-state index in [1.807, 2.05) is 30.3 Å². The molecule has 16 heavy (non-hydrogen) atoms. The van der Waals surface area contributed by atoms with Crippen molar-refractivity contribution in [1.82, 2.24) is 0 Å². The van der Waals surface area contributed by atoms with Crippen molar-refractivity contribution in [3.63, 3.8) is 0 Å². The van der Waals surface area contributed by atoms with Crippen LogP contribution in [0.25, 0.3) is 0 Å². The molecule has 0 heterocycles. The predicted molar refractivity (Wildman–Crippen MR) is 67.2 cm³/mol. The molecule has 0 radical (unpaired) electrons. The van der Waals surface area contributed by atoms with Gasteiger partial charge in [0.25, 0.3) is 0 Å². The zero-order chi connectivity index (χ0) is 11.8. The Labute approximate surface area is 97.9 Å². The van der Waals surface area contributed by atoms with Crippen LogP contribution in [-0.4, -0.2) is 5.78 Å². The lowest BCUT2D eigenvalue weighted by Crippen LogP contribution is -2.11. The average molecular weight is 214 g/mol. The van der Waals surface area contributed by atoms with Crippen molar-refractivity contribution in [3.05, 3.63) is 35.9 Å². The largest absolute Gasteiger partial charge is 0.299 e. The number of hydrogen-bond acceptors (Lipinski definition) is 1. The molecule has 0 aliphatic rings. The van der Waals surface area contributed by atoms with Gasteiger partial charge < -0.3 is 0 Å². The molecule has 0 saturated heterocycles. The van der Waals surface area contributed by atoms with Crippen molar-refractivity contribution in [2.45, 2.75) is 39.0 Å². The van der Waals surface area contributed by atoms with Gasteiger partial charge in [0.1, 0.15) is 5.78 Å². The van der Waals surface area contributed by atoms with Crippen LogP contribution >= 0.6 is 0 Å². The zero-order valence-electron chi connectivity index (χ0n) is 9.99. The monoisotopic (exact) mass is 214 g/mol. The predicted octanol–water partition coefficient (Wildman–Crippen LogP) is 3.55. The average Bonchev–Trinajstić information content (AvgIpc) is 2.32. The second-order valence-electron chi connectivity index (χ2n) is 3.76. The van der Waals surface area contributed by atoms with E-state index in [4.69, 9.17) is 0 Å². The quantitative estimate of drug-likeness (QED) is 0.685.